The molecule has 0 radical (unpaired) electrons. The van der Waals surface area contributed by atoms with Crippen LogP contribution in [0, 0.1) is 0 Å². The molecule has 0 bridgehead atoms. The zero-order chi connectivity index (χ0) is 52.4. The van der Waals surface area contributed by atoms with Crippen LogP contribution >= 0.6 is 0 Å². The summed E-state index contributed by atoms with van der Waals surface area (Å²) in [4.78, 5) is 5.06. The van der Waals surface area contributed by atoms with Crippen molar-refractivity contribution in [3.05, 3.63) is 216 Å². The molecule has 1 aliphatic carbocycles. The molecule has 2 aliphatic heterocycles. The number of aromatic nitrogens is 1. The number of hydrogen-bond acceptors (Lipinski definition) is 3. The number of nitrogens with zero attached hydrogens (tertiary/aromatic N) is 3. The number of fused-ring (bicyclic) bond motifs is 13. The van der Waals surface area contributed by atoms with Crippen LogP contribution in [-0.4, -0.2) is 11.3 Å². The molecule has 11 aromatic rings. The highest BCUT2D eigenvalue weighted by atomic mass is 16.3. The predicted molar refractivity (Wildman–Crippen MR) is 324 cm³/mol. The molecule has 4 heterocycles. The number of anilines is 6. The van der Waals surface area contributed by atoms with Crippen LogP contribution in [0.2, 0.25) is 0 Å². The molecule has 0 amide bonds. The lowest BCUT2D eigenvalue weighted by atomic mass is 9.44. The van der Waals surface area contributed by atoms with Crippen molar-refractivity contribution in [3.63, 3.8) is 0 Å². The van der Waals surface area contributed by atoms with Crippen LogP contribution in [0.3, 0.4) is 0 Å². The van der Waals surface area contributed by atoms with E-state index < -0.39 is 0 Å². The summed E-state index contributed by atoms with van der Waals surface area (Å²) in [7, 11) is 0. The van der Waals surface area contributed by atoms with Crippen molar-refractivity contribution in [2.45, 2.75) is 97.8 Å². The first-order chi connectivity index (χ1) is 36.4. The van der Waals surface area contributed by atoms with E-state index in [9.17, 15) is 0 Å². The highest BCUT2D eigenvalue weighted by Gasteiger charge is 2.50. The zero-order valence-corrected chi connectivity index (χ0v) is 45.7. The molecular formula is C71H64BN3O. The summed E-state index contributed by atoms with van der Waals surface area (Å²) in [5, 5.41) is 3.55. The second-order valence-electron chi connectivity index (χ2n) is 25.4. The molecule has 0 fully saturated rings. The van der Waals surface area contributed by atoms with Crippen molar-refractivity contribution >= 4 is 84.7 Å². The van der Waals surface area contributed by atoms with Gasteiger partial charge in [0.1, 0.15) is 5.58 Å². The van der Waals surface area contributed by atoms with Gasteiger partial charge in [-0.25, -0.2) is 0 Å². The Balaban J connectivity index is 1.14. The van der Waals surface area contributed by atoms with Gasteiger partial charge in [0.05, 0.1) is 11.4 Å². The quantitative estimate of drug-likeness (QED) is 0.161. The minimum Gasteiger partial charge on any atom is -0.454 e. The Morgan fingerprint density at radius 2 is 1.07 bits per heavy atom. The monoisotopic (exact) mass is 986 g/mol. The van der Waals surface area contributed by atoms with Gasteiger partial charge in [0, 0.05) is 72.2 Å². The van der Waals surface area contributed by atoms with E-state index in [0.717, 1.165) is 56.1 Å². The van der Waals surface area contributed by atoms with Gasteiger partial charge in [-0.2, -0.15) is 0 Å². The Hall–Kier alpha value is -8.02. The van der Waals surface area contributed by atoms with Gasteiger partial charge in [0.2, 0.25) is 0 Å². The predicted octanol–water partition coefficient (Wildman–Crippen LogP) is 18.3. The van der Waals surface area contributed by atoms with E-state index >= 15 is 0 Å². The van der Waals surface area contributed by atoms with Crippen molar-refractivity contribution < 1.29 is 4.42 Å². The van der Waals surface area contributed by atoms with Crippen LogP contribution in [0.25, 0.3) is 66.2 Å². The molecule has 3 aliphatic rings. The fourth-order valence-corrected chi connectivity index (χ4v) is 13.3. The summed E-state index contributed by atoms with van der Waals surface area (Å²) >= 11 is 0. The van der Waals surface area contributed by atoms with E-state index in [1.165, 1.54) is 83.2 Å². The lowest BCUT2D eigenvalue weighted by molar-refractivity contribution is 0.590. The maximum atomic E-state index is 7.37. The fourth-order valence-electron chi connectivity index (χ4n) is 13.3. The van der Waals surface area contributed by atoms with Crippen molar-refractivity contribution in [2.75, 3.05) is 9.80 Å². The Kier molecular flexibility index (Phi) is 9.80. The average molecular weight is 986 g/mol. The molecule has 4 nitrogen and oxygen atoms in total. The minimum absolute atomic E-state index is 0.00980. The van der Waals surface area contributed by atoms with Crippen molar-refractivity contribution in [3.8, 4) is 33.4 Å². The standard InChI is InChI=1S/C71H64BN3O/c1-68(2,3)44-28-33-47(34-29-44)73(48-35-30-45(31-36-48)69(4,5)6)49-37-38-58-60(41-49)74(59-39-32-46(70(7,8)9)40-54(59)43-20-13-12-14-21-43)65-63-55(42-56-50-22-16-18-27-61(50)76-66(56)65)51-24-19-25-53-62-52-23-15-17-26-57(52)71(10,11)67(62)75(64(51)53)72(58)63/h12-42H,1-11H3. The molecule has 0 spiro atoms. The van der Waals surface area contributed by atoms with E-state index in [4.69, 9.17) is 4.42 Å². The third-order valence-corrected chi connectivity index (χ3v) is 17.2. The SMILES string of the molecule is CC(C)(C)c1ccc(N(c2ccc(C(C)(C)C)cc2)c2ccc3c(c2)N(c2ccc(C(C)(C)C)cc2-c2ccccc2)c2c4c(cc5c2oc2ccccc25)-c2cccc5c6c(n(c25)B34)C(C)(C)c2ccccc2-6)cc1. The lowest BCUT2D eigenvalue weighted by Crippen LogP contribution is -2.57. The highest BCUT2D eigenvalue weighted by molar-refractivity contribution is 6.90. The van der Waals surface area contributed by atoms with E-state index in [1.54, 1.807) is 0 Å². The molecule has 372 valence electrons. The molecule has 0 saturated carbocycles. The highest BCUT2D eigenvalue weighted by Crippen LogP contribution is 2.58. The minimum atomic E-state index is -0.279. The van der Waals surface area contributed by atoms with Crippen LogP contribution in [0.5, 0.6) is 0 Å². The van der Waals surface area contributed by atoms with Crippen molar-refractivity contribution in [2.24, 2.45) is 0 Å². The normalized spacial score (nSPS) is 14.3. The van der Waals surface area contributed by atoms with Gasteiger partial charge in [0.25, 0.3) is 0 Å². The first-order valence-corrected chi connectivity index (χ1v) is 27.3. The maximum Gasteiger partial charge on any atom is 0.333 e. The van der Waals surface area contributed by atoms with E-state index in [-0.39, 0.29) is 28.5 Å². The smallest absolute Gasteiger partial charge is 0.333 e. The van der Waals surface area contributed by atoms with Crippen LogP contribution < -0.4 is 20.7 Å². The Bertz CT molecular complexity index is 4130. The lowest BCUT2D eigenvalue weighted by Gasteiger charge is -2.42. The van der Waals surface area contributed by atoms with Crippen LogP contribution in [-0.2, 0) is 21.7 Å². The van der Waals surface area contributed by atoms with Gasteiger partial charge in [-0.05, 0) is 127 Å². The molecular weight excluding hydrogens is 922 g/mol. The van der Waals surface area contributed by atoms with Crippen LogP contribution in [0.1, 0.15) is 104 Å². The van der Waals surface area contributed by atoms with Crippen molar-refractivity contribution in [1.29, 1.82) is 0 Å². The van der Waals surface area contributed by atoms with E-state index in [0.29, 0.717) is 0 Å². The van der Waals surface area contributed by atoms with Gasteiger partial charge in [0.15, 0.2) is 5.58 Å². The van der Waals surface area contributed by atoms with Gasteiger partial charge < -0.3 is 18.7 Å². The number of rotatable bonds is 5. The summed E-state index contributed by atoms with van der Waals surface area (Å²) in [6, 6.07) is 71.3. The number of furan rings is 1. The number of para-hydroxylation sites is 2. The Morgan fingerprint density at radius 3 is 1.75 bits per heavy atom. The second-order valence-corrected chi connectivity index (χ2v) is 25.4. The topological polar surface area (TPSA) is 24.6 Å². The zero-order valence-electron chi connectivity index (χ0n) is 45.7. The summed E-state index contributed by atoms with van der Waals surface area (Å²) in [5.74, 6) is 0. The molecule has 0 atom stereocenters. The summed E-state index contributed by atoms with van der Waals surface area (Å²) in [6.45, 7) is 25.4. The molecule has 76 heavy (non-hydrogen) atoms. The molecule has 9 aromatic carbocycles. The van der Waals surface area contributed by atoms with Crippen LogP contribution in [0.4, 0.5) is 34.1 Å². The molecule has 0 unspecified atom stereocenters. The van der Waals surface area contributed by atoms with Gasteiger partial charge in [-0.1, -0.05) is 204 Å². The first-order valence-electron chi connectivity index (χ1n) is 27.3. The summed E-state index contributed by atoms with van der Waals surface area (Å²) in [5.41, 5.74) is 26.1. The first kappa shape index (κ1) is 46.5. The van der Waals surface area contributed by atoms with Gasteiger partial charge >= 0.3 is 6.85 Å². The maximum absolute atomic E-state index is 7.37. The molecule has 0 N–H and O–H groups in total. The molecule has 14 rings (SSSR count). The molecule has 2 aromatic heterocycles. The van der Waals surface area contributed by atoms with Gasteiger partial charge in [-0.15, -0.1) is 0 Å². The Morgan fingerprint density at radius 1 is 0.474 bits per heavy atom. The van der Waals surface area contributed by atoms with E-state index in [2.05, 4.69) is 278 Å². The number of hydrogen-bond donors (Lipinski definition) is 0. The fraction of sp³-hybridized carbons (Fsp3) is 0.211. The van der Waals surface area contributed by atoms with Gasteiger partial charge in [-0.3, -0.25) is 0 Å². The molecule has 5 heteroatoms. The van der Waals surface area contributed by atoms with E-state index in [1.807, 2.05) is 0 Å². The third-order valence-electron chi connectivity index (χ3n) is 17.2. The molecule has 0 saturated heterocycles. The van der Waals surface area contributed by atoms with Crippen molar-refractivity contribution in [1.82, 2.24) is 4.48 Å². The number of benzene rings is 9. The summed E-state index contributed by atoms with van der Waals surface area (Å²) < 4.78 is 10.1. The summed E-state index contributed by atoms with van der Waals surface area (Å²) in [6.07, 6.45) is 0. The Labute approximate surface area is 448 Å². The second kappa shape index (κ2) is 16.0. The average Bonchev–Trinajstić information content (AvgIpc) is 4.20. The van der Waals surface area contributed by atoms with Crippen LogP contribution in [0.15, 0.2) is 192 Å². The largest absolute Gasteiger partial charge is 0.454 e. The third kappa shape index (κ3) is 6.70.